The molecule has 3 fully saturated rings. The Balaban J connectivity index is 1.43. The summed E-state index contributed by atoms with van der Waals surface area (Å²) in [6.45, 7) is 7.15. The maximum Gasteiger partial charge on any atom is 0.264 e. The van der Waals surface area contributed by atoms with Crippen molar-refractivity contribution in [3.05, 3.63) is 59.7 Å². The zero-order valence-corrected chi connectivity index (χ0v) is 25.7. The van der Waals surface area contributed by atoms with Crippen molar-refractivity contribution in [2.24, 2.45) is 5.92 Å². The Labute approximate surface area is 248 Å². The third-order valence-corrected chi connectivity index (χ3v) is 12.3. The van der Waals surface area contributed by atoms with E-state index >= 15 is 0 Å². The molecule has 2 aromatic carbocycles. The fourth-order valence-corrected chi connectivity index (χ4v) is 10.5. The molecule has 2 N–H and O–H groups in total. The standard InChI is InChI=1S/C32H41N3O6Si/c1-21-30(42(2,3)40)27(18-29(38)34-15-7-11-24(34)20-36)41-32(21)25-17-23(33-16-8-12-28(33)37)13-14-26(25)35(31(32)39)19-22-9-5-4-6-10-22/h4-6,9-10,13-14,17,21,24,27,30,36,40H,7-8,11-12,15-16,18-20H2,1-3H3/t21-,24-,27+,30-,32+/m0/s1. The Bertz CT molecular complexity index is 1380. The molecule has 10 heteroatoms. The van der Waals surface area contributed by atoms with Gasteiger partial charge in [0, 0.05) is 42.2 Å². The highest BCUT2D eigenvalue weighted by atomic mass is 28.4. The van der Waals surface area contributed by atoms with E-state index in [1.165, 1.54) is 0 Å². The van der Waals surface area contributed by atoms with Crippen LogP contribution >= 0.6 is 0 Å². The summed E-state index contributed by atoms with van der Waals surface area (Å²) in [7, 11) is -2.95. The van der Waals surface area contributed by atoms with Crippen molar-refractivity contribution < 1.29 is 29.0 Å². The number of anilines is 2. The minimum Gasteiger partial charge on any atom is -0.432 e. The van der Waals surface area contributed by atoms with Gasteiger partial charge in [0.15, 0.2) is 13.9 Å². The van der Waals surface area contributed by atoms with Gasteiger partial charge in [-0.3, -0.25) is 14.4 Å². The molecule has 224 valence electrons. The first-order valence-electron chi connectivity index (χ1n) is 15.2. The molecule has 0 aliphatic carbocycles. The summed E-state index contributed by atoms with van der Waals surface area (Å²) in [5.74, 6) is -0.673. The number of carbonyl (C=O) groups excluding carboxylic acids is 3. The predicted molar refractivity (Wildman–Crippen MR) is 161 cm³/mol. The van der Waals surface area contributed by atoms with E-state index in [9.17, 15) is 24.3 Å². The minimum atomic E-state index is -2.95. The number of hydrogen-bond donors (Lipinski definition) is 2. The number of fused-ring (bicyclic) bond motifs is 2. The van der Waals surface area contributed by atoms with Gasteiger partial charge in [0.05, 0.1) is 37.4 Å². The number of likely N-dealkylation sites (tertiary alicyclic amines) is 1. The van der Waals surface area contributed by atoms with Gasteiger partial charge < -0.3 is 29.3 Å². The highest BCUT2D eigenvalue weighted by Crippen LogP contribution is 2.60. The molecular formula is C32H41N3O6Si. The van der Waals surface area contributed by atoms with Crippen molar-refractivity contribution in [1.29, 1.82) is 0 Å². The van der Waals surface area contributed by atoms with Crippen molar-refractivity contribution in [3.63, 3.8) is 0 Å². The van der Waals surface area contributed by atoms with Crippen LogP contribution in [0.3, 0.4) is 0 Å². The first-order chi connectivity index (χ1) is 20.1. The first kappa shape index (κ1) is 29.0. The highest BCUT2D eigenvalue weighted by molar-refractivity contribution is 6.71. The number of rotatable bonds is 7. The van der Waals surface area contributed by atoms with Gasteiger partial charge in [-0.15, -0.1) is 0 Å². The molecule has 6 rings (SSSR count). The molecule has 1 spiro atoms. The van der Waals surface area contributed by atoms with Gasteiger partial charge in [-0.2, -0.15) is 0 Å². The lowest BCUT2D eigenvalue weighted by molar-refractivity contribution is -0.150. The molecule has 5 atom stereocenters. The van der Waals surface area contributed by atoms with E-state index in [2.05, 4.69) is 0 Å². The van der Waals surface area contributed by atoms with Gasteiger partial charge in [-0.25, -0.2) is 0 Å². The number of aliphatic hydroxyl groups is 1. The summed E-state index contributed by atoms with van der Waals surface area (Å²) in [5, 5.41) is 9.83. The highest BCUT2D eigenvalue weighted by Gasteiger charge is 2.66. The lowest BCUT2D eigenvalue weighted by Crippen LogP contribution is -2.46. The van der Waals surface area contributed by atoms with Gasteiger partial charge in [0.1, 0.15) is 0 Å². The number of hydrogen-bond acceptors (Lipinski definition) is 6. The zero-order valence-electron chi connectivity index (χ0n) is 24.7. The SMILES string of the molecule is C[C@H]1[C@H]([Si](C)(C)O)[C@@H](CC(=O)N2CCC[C@H]2CO)O[C@]12C(=O)N(Cc1ccccc1)c1ccc(N3CCCC3=O)cc12. The molecule has 0 aromatic heterocycles. The van der Waals surface area contributed by atoms with Crippen LogP contribution in [0.5, 0.6) is 0 Å². The van der Waals surface area contributed by atoms with Crippen LogP contribution in [0.15, 0.2) is 48.5 Å². The molecule has 0 radical (unpaired) electrons. The predicted octanol–water partition coefficient (Wildman–Crippen LogP) is 3.53. The Hall–Kier alpha value is -3.05. The molecule has 0 bridgehead atoms. The molecular weight excluding hydrogens is 550 g/mol. The van der Waals surface area contributed by atoms with E-state index in [0.717, 1.165) is 36.2 Å². The van der Waals surface area contributed by atoms with Crippen LogP contribution in [0.25, 0.3) is 0 Å². The Morgan fingerprint density at radius 2 is 1.86 bits per heavy atom. The topological polar surface area (TPSA) is 111 Å². The summed E-state index contributed by atoms with van der Waals surface area (Å²) in [4.78, 5) is 57.8. The van der Waals surface area contributed by atoms with E-state index in [1.54, 1.807) is 14.7 Å². The molecule has 0 saturated carbocycles. The fraction of sp³-hybridized carbons (Fsp3) is 0.531. The molecule has 2 aromatic rings. The van der Waals surface area contributed by atoms with Crippen LogP contribution in [-0.4, -0.2) is 72.7 Å². The largest absolute Gasteiger partial charge is 0.432 e. The maximum atomic E-state index is 14.7. The average Bonchev–Trinajstić information content (AvgIpc) is 3.72. The second-order valence-corrected chi connectivity index (χ2v) is 16.8. The van der Waals surface area contributed by atoms with E-state index in [4.69, 9.17) is 4.74 Å². The summed E-state index contributed by atoms with van der Waals surface area (Å²) < 4.78 is 6.88. The van der Waals surface area contributed by atoms with Crippen molar-refractivity contribution in [1.82, 2.24) is 4.90 Å². The summed E-state index contributed by atoms with van der Waals surface area (Å²) in [6, 6.07) is 15.3. The molecule has 0 unspecified atom stereocenters. The molecule has 4 aliphatic rings. The lowest BCUT2D eigenvalue weighted by Gasteiger charge is -2.33. The first-order valence-corrected chi connectivity index (χ1v) is 18.2. The van der Waals surface area contributed by atoms with Gasteiger partial charge >= 0.3 is 0 Å². The fourth-order valence-electron chi connectivity index (χ4n) is 7.92. The van der Waals surface area contributed by atoms with Crippen LogP contribution < -0.4 is 9.80 Å². The molecule has 4 aliphatic heterocycles. The normalized spacial score (nSPS) is 29.3. The van der Waals surface area contributed by atoms with Crippen molar-refractivity contribution in [3.8, 4) is 0 Å². The maximum absolute atomic E-state index is 14.7. The molecule has 9 nitrogen and oxygen atoms in total. The summed E-state index contributed by atoms with van der Waals surface area (Å²) in [6.07, 6.45) is 2.26. The van der Waals surface area contributed by atoms with Gasteiger partial charge in [-0.05, 0) is 56.1 Å². The second kappa shape index (κ2) is 10.9. The third-order valence-electron chi connectivity index (χ3n) is 9.82. The zero-order chi connectivity index (χ0) is 29.8. The number of carbonyl (C=O) groups is 3. The number of aliphatic hydroxyl groups excluding tert-OH is 1. The smallest absolute Gasteiger partial charge is 0.264 e. The number of nitrogens with zero attached hydrogens (tertiary/aromatic N) is 3. The van der Waals surface area contributed by atoms with E-state index in [1.807, 2.05) is 68.5 Å². The van der Waals surface area contributed by atoms with Gasteiger partial charge in [-0.1, -0.05) is 37.3 Å². The van der Waals surface area contributed by atoms with Crippen LogP contribution in [-0.2, 0) is 31.3 Å². The molecule has 4 heterocycles. The van der Waals surface area contributed by atoms with Crippen molar-refractivity contribution >= 4 is 37.4 Å². The van der Waals surface area contributed by atoms with Gasteiger partial charge in [0.25, 0.3) is 5.91 Å². The monoisotopic (exact) mass is 591 g/mol. The number of amides is 3. The summed E-state index contributed by atoms with van der Waals surface area (Å²) >= 11 is 0. The van der Waals surface area contributed by atoms with Crippen LogP contribution in [0.4, 0.5) is 11.4 Å². The molecule has 3 saturated heterocycles. The quantitative estimate of drug-likeness (QED) is 0.477. The minimum absolute atomic E-state index is 0.0375. The summed E-state index contributed by atoms with van der Waals surface area (Å²) in [5.41, 5.74) is 1.35. The van der Waals surface area contributed by atoms with Crippen LogP contribution in [0.2, 0.25) is 18.6 Å². The lowest BCUT2D eigenvalue weighted by atomic mass is 9.82. The van der Waals surface area contributed by atoms with Crippen LogP contribution in [0.1, 0.15) is 50.2 Å². The van der Waals surface area contributed by atoms with Crippen molar-refractivity contribution in [2.75, 3.05) is 29.5 Å². The van der Waals surface area contributed by atoms with E-state index < -0.39 is 25.9 Å². The number of benzene rings is 2. The average molecular weight is 592 g/mol. The van der Waals surface area contributed by atoms with E-state index in [-0.39, 0.29) is 42.3 Å². The van der Waals surface area contributed by atoms with E-state index in [0.29, 0.717) is 31.6 Å². The molecule has 3 amide bonds. The number of ether oxygens (including phenoxy) is 1. The van der Waals surface area contributed by atoms with Crippen LogP contribution in [0, 0.1) is 5.92 Å². The Morgan fingerprint density at radius 1 is 1.10 bits per heavy atom. The Kier molecular flexibility index (Phi) is 7.53. The molecule has 42 heavy (non-hydrogen) atoms. The third kappa shape index (κ3) is 4.69. The van der Waals surface area contributed by atoms with Gasteiger partial charge in [0.2, 0.25) is 11.8 Å². The second-order valence-electron chi connectivity index (χ2n) is 12.9. The Morgan fingerprint density at radius 3 is 2.52 bits per heavy atom. The van der Waals surface area contributed by atoms with Crippen molar-refractivity contribution in [2.45, 2.75) is 82.0 Å².